The predicted octanol–water partition coefficient (Wildman–Crippen LogP) is 7.05. The van der Waals surface area contributed by atoms with Gasteiger partial charge in [-0.25, -0.2) is 4.39 Å². The summed E-state index contributed by atoms with van der Waals surface area (Å²) in [6.45, 7) is 12.1. The van der Waals surface area contributed by atoms with E-state index in [0.29, 0.717) is 10.6 Å². The maximum absolute atomic E-state index is 12.8. The summed E-state index contributed by atoms with van der Waals surface area (Å²) in [5.74, 6) is 1.95. The van der Waals surface area contributed by atoms with Gasteiger partial charge in [0.15, 0.2) is 0 Å². The van der Waals surface area contributed by atoms with Gasteiger partial charge in [0.25, 0.3) is 6.47 Å². The number of aryl methyl sites for hydroxylation is 3. The molecule has 1 saturated heterocycles. The monoisotopic (exact) mass is 488 g/mol. The summed E-state index contributed by atoms with van der Waals surface area (Å²) in [5.41, 5.74) is 3.54. The lowest BCUT2D eigenvalue weighted by Crippen LogP contribution is -2.30. The summed E-state index contributed by atoms with van der Waals surface area (Å²) in [6.07, 6.45) is 6.71. The Morgan fingerprint density at radius 3 is 2.24 bits per heavy atom. The molecule has 4 nitrogen and oxygen atoms in total. The van der Waals surface area contributed by atoms with Crippen molar-refractivity contribution in [3.8, 4) is 6.07 Å². The van der Waals surface area contributed by atoms with Crippen molar-refractivity contribution in [2.45, 2.75) is 59.8 Å². The van der Waals surface area contributed by atoms with Crippen molar-refractivity contribution >= 4 is 18.1 Å². The molecule has 1 saturated carbocycles. The third kappa shape index (κ3) is 11.1. The largest absolute Gasteiger partial charge is 0.483 e. The van der Waals surface area contributed by atoms with Crippen molar-refractivity contribution in [2.24, 2.45) is 11.8 Å². The molecule has 1 atom stereocenters. The zero-order valence-electron chi connectivity index (χ0n) is 20.9. The Morgan fingerprint density at radius 1 is 1.18 bits per heavy atom. The summed E-state index contributed by atoms with van der Waals surface area (Å²) in [5, 5.41) is 15.9. The molecule has 2 aromatic carbocycles. The first-order valence-corrected chi connectivity index (χ1v) is 12.3. The minimum Gasteiger partial charge on any atom is -0.483 e. The summed E-state index contributed by atoms with van der Waals surface area (Å²) < 4.78 is 12.8. The average molecular weight is 489 g/mol. The maximum atomic E-state index is 12.8. The van der Waals surface area contributed by atoms with Gasteiger partial charge in [-0.05, 0) is 87.2 Å². The van der Waals surface area contributed by atoms with Gasteiger partial charge in [-0.1, -0.05) is 55.6 Å². The first-order chi connectivity index (χ1) is 16.2. The molecule has 0 aromatic heterocycles. The van der Waals surface area contributed by atoms with Crippen molar-refractivity contribution in [1.82, 2.24) is 4.90 Å². The van der Waals surface area contributed by atoms with Gasteiger partial charge >= 0.3 is 0 Å². The number of carbonyl (C=O) groups is 1. The van der Waals surface area contributed by atoms with Crippen LogP contribution in [0.2, 0.25) is 5.02 Å². The highest BCUT2D eigenvalue weighted by Crippen LogP contribution is 2.28. The average Bonchev–Trinajstić information content (AvgIpc) is 3.19. The molecule has 6 heteroatoms. The molecule has 2 fully saturated rings. The smallest absolute Gasteiger partial charge is 0.290 e. The number of halogens is 2. The molecule has 2 aliphatic rings. The highest BCUT2D eigenvalue weighted by atomic mass is 35.5. The van der Waals surface area contributed by atoms with E-state index in [9.17, 15) is 4.39 Å². The van der Waals surface area contributed by atoms with Gasteiger partial charge in [-0.2, -0.15) is 5.26 Å². The van der Waals surface area contributed by atoms with Crippen LogP contribution < -0.4 is 0 Å². The van der Waals surface area contributed by atoms with E-state index in [0.717, 1.165) is 34.9 Å². The Hall–Kier alpha value is -2.42. The second-order valence-corrected chi connectivity index (χ2v) is 9.51. The highest BCUT2D eigenvalue weighted by molar-refractivity contribution is 6.31. The van der Waals surface area contributed by atoms with Crippen molar-refractivity contribution in [3.63, 3.8) is 0 Å². The molecular formula is C28H38ClFN2O2. The molecule has 0 bridgehead atoms. The third-order valence-corrected chi connectivity index (χ3v) is 6.39. The van der Waals surface area contributed by atoms with Gasteiger partial charge in [-0.15, -0.1) is 0 Å². The Kier molecular flexibility index (Phi) is 14.2. The zero-order valence-corrected chi connectivity index (χ0v) is 21.6. The third-order valence-electron chi connectivity index (χ3n) is 6.08. The maximum Gasteiger partial charge on any atom is 0.290 e. The van der Waals surface area contributed by atoms with Gasteiger partial charge in [0.1, 0.15) is 11.9 Å². The summed E-state index contributed by atoms with van der Waals surface area (Å²) >= 11 is 5.71. The molecule has 1 aliphatic heterocycles. The van der Waals surface area contributed by atoms with Crippen molar-refractivity contribution in [2.75, 3.05) is 19.6 Å². The lowest BCUT2D eigenvalue weighted by Gasteiger charge is -2.29. The Bertz CT molecular complexity index is 916. The predicted molar refractivity (Wildman–Crippen MR) is 138 cm³/mol. The zero-order chi connectivity index (χ0) is 25.5. The normalized spacial score (nSPS) is 16.9. The number of likely N-dealkylation sites (tertiary alicyclic amines) is 1. The molecule has 186 valence electrons. The van der Waals surface area contributed by atoms with E-state index in [-0.39, 0.29) is 12.3 Å². The first kappa shape index (κ1) is 29.6. The van der Waals surface area contributed by atoms with Gasteiger partial charge in [0, 0.05) is 13.1 Å². The molecule has 34 heavy (non-hydrogen) atoms. The van der Waals surface area contributed by atoms with E-state index in [2.05, 4.69) is 11.8 Å². The molecular weight excluding hydrogens is 451 g/mol. The summed E-state index contributed by atoms with van der Waals surface area (Å²) in [6, 6.07) is 12.5. The van der Waals surface area contributed by atoms with E-state index < -0.39 is 0 Å². The second-order valence-electron chi connectivity index (χ2n) is 9.10. The number of nitrogens with zero attached hydrogens (tertiary/aromatic N) is 2. The minimum absolute atomic E-state index is 0.0897. The van der Waals surface area contributed by atoms with Gasteiger partial charge < -0.3 is 10.0 Å². The number of carboxylic acid groups (broad SMARTS) is 1. The van der Waals surface area contributed by atoms with Crippen molar-refractivity contribution in [1.29, 1.82) is 5.26 Å². The van der Waals surface area contributed by atoms with E-state index >= 15 is 0 Å². The topological polar surface area (TPSA) is 64.3 Å². The minimum atomic E-state index is -0.250. The van der Waals surface area contributed by atoms with E-state index in [1.807, 2.05) is 39.0 Å². The Balaban J connectivity index is 0.000000241. The molecule has 0 amide bonds. The number of hydrogen-bond donors (Lipinski definition) is 1. The quantitative estimate of drug-likeness (QED) is 0.470. The molecule has 1 heterocycles. The molecule has 4 rings (SSSR count). The molecule has 0 spiro atoms. The van der Waals surface area contributed by atoms with Crippen LogP contribution in [0.15, 0.2) is 36.4 Å². The van der Waals surface area contributed by atoms with Crippen LogP contribution in [0.25, 0.3) is 0 Å². The fourth-order valence-corrected chi connectivity index (χ4v) is 4.20. The molecule has 0 radical (unpaired) electrons. The van der Waals surface area contributed by atoms with Gasteiger partial charge in [0.2, 0.25) is 0 Å². The number of benzene rings is 2. The lowest BCUT2D eigenvalue weighted by molar-refractivity contribution is -0.122. The summed E-state index contributed by atoms with van der Waals surface area (Å²) in [7, 11) is 0. The molecule has 1 unspecified atom stereocenters. The number of nitriles is 1. The number of hydrogen-bond acceptors (Lipinski definition) is 3. The SMILES string of the molecule is CC1CCN(CC2CCC2)C1.CCc1cc(C)ccc1F.Cc1ccc(C#N)c(Cl)c1.O=CO. The fraction of sp³-hybridized carbons (Fsp3) is 0.500. The fourth-order valence-electron chi connectivity index (χ4n) is 3.92. The van der Waals surface area contributed by atoms with Crippen molar-refractivity contribution in [3.05, 3.63) is 69.5 Å². The van der Waals surface area contributed by atoms with Gasteiger partial charge in [0.05, 0.1) is 10.6 Å². The van der Waals surface area contributed by atoms with Crippen LogP contribution in [-0.4, -0.2) is 36.1 Å². The summed E-state index contributed by atoms with van der Waals surface area (Å²) in [4.78, 5) is 11.0. The van der Waals surface area contributed by atoms with Crippen LogP contribution in [0.1, 0.15) is 61.8 Å². The Labute approximate surface area is 209 Å². The second kappa shape index (κ2) is 16.2. The highest BCUT2D eigenvalue weighted by Gasteiger charge is 2.24. The van der Waals surface area contributed by atoms with E-state index in [4.69, 9.17) is 26.8 Å². The Morgan fingerprint density at radius 2 is 1.79 bits per heavy atom. The lowest BCUT2D eigenvalue weighted by atomic mass is 9.85. The van der Waals surface area contributed by atoms with Crippen LogP contribution in [0, 0.1) is 42.8 Å². The standard InChI is InChI=1S/C10H19N.C9H11F.C8H6ClN.CH2O2/c1-9-5-6-11(7-9)8-10-3-2-4-10;1-3-8-6-7(2)4-5-9(8)10;1-6-2-3-7(5-10)8(9)4-6;2-1-3/h9-10H,2-8H2,1H3;4-6H,3H2,1-2H3;2-4H,1H3;1H,(H,2,3). The molecule has 1 N–H and O–H groups in total. The first-order valence-electron chi connectivity index (χ1n) is 11.9. The van der Waals surface area contributed by atoms with E-state index in [1.54, 1.807) is 18.2 Å². The van der Waals surface area contributed by atoms with Crippen LogP contribution in [-0.2, 0) is 11.2 Å². The van der Waals surface area contributed by atoms with E-state index in [1.165, 1.54) is 51.4 Å². The molecule has 2 aromatic rings. The number of rotatable bonds is 3. The van der Waals surface area contributed by atoms with Gasteiger partial charge in [-0.3, -0.25) is 4.79 Å². The van der Waals surface area contributed by atoms with Crippen LogP contribution in [0.5, 0.6) is 0 Å². The van der Waals surface area contributed by atoms with Crippen LogP contribution >= 0.6 is 11.6 Å². The van der Waals surface area contributed by atoms with Crippen LogP contribution in [0.3, 0.4) is 0 Å². The van der Waals surface area contributed by atoms with Crippen molar-refractivity contribution < 1.29 is 14.3 Å². The van der Waals surface area contributed by atoms with Crippen LogP contribution in [0.4, 0.5) is 4.39 Å². The molecule has 1 aliphatic carbocycles.